The van der Waals surface area contributed by atoms with Gasteiger partial charge in [0.15, 0.2) is 0 Å². The fourth-order valence-electron chi connectivity index (χ4n) is 3.02. The Morgan fingerprint density at radius 2 is 2.19 bits per heavy atom. The fraction of sp³-hybridized carbons (Fsp3) is 0.562. The zero-order valence-corrected chi connectivity index (χ0v) is 14.2. The molecule has 5 heteroatoms. The number of rotatable bonds is 3. The van der Waals surface area contributed by atoms with Gasteiger partial charge in [-0.1, -0.05) is 23.8 Å². The summed E-state index contributed by atoms with van der Waals surface area (Å²) in [5.74, 6) is 3.84. The molecule has 1 aromatic carbocycles. The Balaban J connectivity index is 1.78. The summed E-state index contributed by atoms with van der Waals surface area (Å²) >= 11 is 4.02. The molecule has 0 spiro atoms. The SMILES string of the molecule is Cc1ccc(C2NCC(=O)N2CC2CSCCS2)c(C)c1. The Morgan fingerprint density at radius 1 is 1.33 bits per heavy atom. The first-order valence-electron chi connectivity index (χ1n) is 7.44. The van der Waals surface area contributed by atoms with Crippen molar-refractivity contribution < 1.29 is 4.79 Å². The third kappa shape index (κ3) is 3.41. The average Bonchev–Trinajstić information content (AvgIpc) is 2.82. The van der Waals surface area contributed by atoms with Gasteiger partial charge in [-0.2, -0.15) is 23.5 Å². The predicted molar refractivity (Wildman–Crippen MR) is 91.9 cm³/mol. The number of carbonyl (C=O) groups excluding carboxylic acids is 1. The molecule has 2 heterocycles. The van der Waals surface area contributed by atoms with Crippen molar-refractivity contribution in [1.29, 1.82) is 0 Å². The lowest BCUT2D eigenvalue weighted by atomic mass is 10.0. The molecule has 2 saturated heterocycles. The van der Waals surface area contributed by atoms with E-state index in [4.69, 9.17) is 0 Å². The maximum atomic E-state index is 12.3. The van der Waals surface area contributed by atoms with Crippen molar-refractivity contribution in [2.45, 2.75) is 25.3 Å². The lowest BCUT2D eigenvalue weighted by Gasteiger charge is -2.31. The molecular weight excluding hydrogens is 300 g/mol. The van der Waals surface area contributed by atoms with Gasteiger partial charge in [-0.25, -0.2) is 0 Å². The van der Waals surface area contributed by atoms with Gasteiger partial charge in [-0.3, -0.25) is 10.1 Å². The van der Waals surface area contributed by atoms with E-state index >= 15 is 0 Å². The summed E-state index contributed by atoms with van der Waals surface area (Å²) in [6.45, 7) is 5.57. The van der Waals surface area contributed by atoms with Crippen molar-refractivity contribution >= 4 is 29.4 Å². The Bertz CT molecular complexity index is 529. The number of nitrogens with zero attached hydrogens (tertiary/aromatic N) is 1. The van der Waals surface area contributed by atoms with E-state index in [2.05, 4.69) is 37.4 Å². The quantitative estimate of drug-likeness (QED) is 0.927. The van der Waals surface area contributed by atoms with Crippen molar-refractivity contribution in [2.24, 2.45) is 0 Å². The summed E-state index contributed by atoms with van der Waals surface area (Å²) < 4.78 is 0. The second kappa shape index (κ2) is 6.63. The maximum Gasteiger partial charge on any atom is 0.238 e. The molecule has 2 unspecified atom stereocenters. The molecular formula is C16H22N2OS2. The molecule has 21 heavy (non-hydrogen) atoms. The molecule has 1 N–H and O–H groups in total. The highest BCUT2D eigenvalue weighted by atomic mass is 32.2. The minimum atomic E-state index is 0.0469. The van der Waals surface area contributed by atoms with Crippen molar-refractivity contribution in [3.05, 3.63) is 34.9 Å². The van der Waals surface area contributed by atoms with Crippen molar-refractivity contribution in [3.63, 3.8) is 0 Å². The molecule has 0 saturated carbocycles. The van der Waals surface area contributed by atoms with Crippen LogP contribution >= 0.6 is 23.5 Å². The van der Waals surface area contributed by atoms with E-state index in [1.807, 2.05) is 28.4 Å². The molecule has 0 radical (unpaired) electrons. The van der Waals surface area contributed by atoms with Crippen LogP contribution in [0.1, 0.15) is 22.9 Å². The van der Waals surface area contributed by atoms with Gasteiger partial charge in [0.2, 0.25) is 5.91 Å². The first-order chi connectivity index (χ1) is 10.1. The molecule has 2 aliphatic rings. The minimum absolute atomic E-state index is 0.0469. The molecule has 2 aliphatic heterocycles. The molecule has 1 amide bonds. The van der Waals surface area contributed by atoms with Gasteiger partial charge in [-0.15, -0.1) is 0 Å². The Morgan fingerprint density at radius 3 is 2.90 bits per heavy atom. The van der Waals surface area contributed by atoms with Gasteiger partial charge in [0.1, 0.15) is 6.17 Å². The number of nitrogens with one attached hydrogen (secondary N) is 1. The molecule has 3 nitrogen and oxygen atoms in total. The highest BCUT2D eigenvalue weighted by Crippen LogP contribution is 2.30. The Labute approximate surface area is 135 Å². The van der Waals surface area contributed by atoms with Crippen LogP contribution < -0.4 is 5.32 Å². The van der Waals surface area contributed by atoms with E-state index in [1.165, 1.54) is 28.2 Å². The van der Waals surface area contributed by atoms with E-state index in [0.29, 0.717) is 11.8 Å². The largest absolute Gasteiger partial charge is 0.321 e. The molecule has 2 atom stereocenters. The van der Waals surface area contributed by atoms with Crippen molar-refractivity contribution in [3.8, 4) is 0 Å². The predicted octanol–water partition coefficient (Wildman–Crippen LogP) is 2.58. The fourth-order valence-corrected chi connectivity index (χ4v) is 5.68. The number of aryl methyl sites for hydroxylation is 2. The summed E-state index contributed by atoms with van der Waals surface area (Å²) in [5, 5.41) is 3.95. The van der Waals surface area contributed by atoms with E-state index in [-0.39, 0.29) is 12.1 Å². The Hall–Kier alpha value is -0.650. The van der Waals surface area contributed by atoms with Crippen LogP contribution in [0.25, 0.3) is 0 Å². The zero-order valence-electron chi connectivity index (χ0n) is 12.6. The lowest BCUT2D eigenvalue weighted by molar-refractivity contribution is -0.128. The van der Waals surface area contributed by atoms with Crippen LogP contribution in [-0.2, 0) is 4.79 Å². The van der Waals surface area contributed by atoms with Gasteiger partial charge < -0.3 is 4.90 Å². The van der Waals surface area contributed by atoms with Gasteiger partial charge >= 0.3 is 0 Å². The number of hydrogen-bond donors (Lipinski definition) is 1. The van der Waals surface area contributed by atoms with Crippen LogP contribution in [0.5, 0.6) is 0 Å². The number of carbonyl (C=O) groups is 1. The minimum Gasteiger partial charge on any atom is -0.321 e. The average molecular weight is 322 g/mol. The first kappa shape index (κ1) is 15.3. The summed E-state index contributed by atoms with van der Waals surface area (Å²) in [6.07, 6.45) is 0.0469. The van der Waals surface area contributed by atoms with E-state index in [1.54, 1.807) is 0 Å². The zero-order chi connectivity index (χ0) is 14.8. The summed E-state index contributed by atoms with van der Waals surface area (Å²) in [6, 6.07) is 6.50. The number of thioether (sulfide) groups is 2. The maximum absolute atomic E-state index is 12.3. The van der Waals surface area contributed by atoms with Crippen molar-refractivity contribution in [1.82, 2.24) is 10.2 Å². The monoisotopic (exact) mass is 322 g/mol. The third-order valence-corrected chi connectivity index (χ3v) is 6.91. The van der Waals surface area contributed by atoms with Gasteiger partial charge in [-0.05, 0) is 25.0 Å². The molecule has 3 rings (SSSR count). The molecule has 114 valence electrons. The van der Waals surface area contributed by atoms with Crippen LogP contribution in [0, 0.1) is 13.8 Å². The van der Waals surface area contributed by atoms with Crippen LogP contribution in [0.2, 0.25) is 0 Å². The molecule has 0 aliphatic carbocycles. The summed E-state index contributed by atoms with van der Waals surface area (Å²) in [5.41, 5.74) is 3.77. The van der Waals surface area contributed by atoms with E-state index in [9.17, 15) is 4.79 Å². The highest BCUT2D eigenvalue weighted by molar-refractivity contribution is 8.06. The number of amides is 1. The van der Waals surface area contributed by atoms with Gasteiger partial charge in [0.05, 0.1) is 6.54 Å². The van der Waals surface area contributed by atoms with Gasteiger partial charge in [0.25, 0.3) is 0 Å². The van der Waals surface area contributed by atoms with Gasteiger partial charge in [0, 0.05) is 29.1 Å². The van der Waals surface area contributed by atoms with Crippen molar-refractivity contribution in [2.75, 3.05) is 30.3 Å². The van der Waals surface area contributed by atoms with Crippen LogP contribution in [0.4, 0.5) is 0 Å². The standard InChI is InChI=1S/C16H22N2OS2/c1-11-3-4-14(12(2)7-11)16-17-8-15(19)18(16)9-13-10-20-5-6-21-13/h3-4,7,13,16-17H,5-6,8-10H2,1-2H3. The lowest BCUT2D eigenvalue weighted by Crippen LogP contribution is -2.38. The van der Waals surface area contributed by atoms with Crippen LogP contribution in [0.15, 0.2) is 18.2 Å². The number of benzene rings is 1. The molecule has 0 aromatic heterocycles. The highest BCUT2D eigenvalue weighted by Gasteiger charge is 2.34. The second-order valence-corrected chi connectivity index (χ2v) is 8.32. The molecule has 0 bridgehead atoms. The van der Waals surface area contributed by atoms with Crippen LogP contribution in [-0.4, -0.2) is 46.4 Å². The van der Waals surface area contributed by atoms with E-state index < -0.39 is 0 Å². The topological polar surface area (TPSA) is 32.3 Å². The number of hydrogen-bond acceptors (Lipinski definition) is 4. The molecule has 2 fully saturated rings. The summed E-state index contributed by atoms with van der Waals surface area (Å²) in [7, 11) is 0. The summed E-state index contributed by atoms with van der Waals surface area (Å²) in [4.78, 5) is 14.3. The normalized spacial score (nSPS) is 26.4. The van der Waals surface area contributed by atoms with Crippen LogP contribution in [0.3, 0.4) is 0 Å². The second-order valence-electron chi connectivity index (χ2n) is 5.76. The van der Waals surface area contributed by atoms with E-state index in [0.717, 1.165) is 12.3 Å². The molecule has 1 aromatic rings. The Kier molecular flexibility index (Phi) is 4.82. The third-order valence-electron chi connectivity index (χ3n) is 4.08. The smallest absolute Gasteiger partial charge is 0.238 e. The first-order valence-corrected chi connectivity index (χ1v) is 9.65.